The van der Waals surface area contributed by atoms with Gasteiger partial charge in [0.1, 0.15) is 5.82 Å². The van der Waals surface area contributed by atoms with E-state index in [4.69, 9.17) is 9.51 Å². The number of hydrogen-bond acceptors (Lipinski definition) is 6. The molecular formula is C24H28N4O3. The lowest BCUT2D eigenvalue weighted by Gasteiger charge is -2.26. The lowest BCUT2D eigenvalue weighted by Crippen LogP contribution is -2.28. The molecule has 3 heterocycles. The summed E-state index contributed by atoms with van der Waals surface area (Å²) < 4.78 is 5.49. The summed E-state index contributed by atoms with van der Waals surface area (Å²) in [5, 5.41) is 16.9. The van der Waals surface area contributed by atoms with Crippen molar-refractivity contribution in [1.82, 2.24) is 15.1 Å². The van der Waals surface area contributed by atoms with Crippen LogP contribution in [-0.4, -0.2) is 32.7 Å². The first kappa shape index (κ1) is 21.0. The number of carboxylic acid groups (broad SMARTS) is 1. The molecule has 1 aliphatic heterocycles. The van der Waals surface area contributed by atoms with Crippen LogP contribution in [0.1, 0.15) is 53.9 Å². The summed E-state index contributed by atoms with van der Waals surface area (Å²) >= 11 is 0. The molecule has 2 N–H and O–H groups in total. The number of pyridine rings is 1. The quantitative estimate of drug-likeness (QED) is 0.570. The Balaban J connectivity index is 1.46. The molecule has 0 spiro atoms. The number of benzene rings is 1. The lowest BCUT2D eigenvalue weighted by atomic mass is 9.76. The van der Waals surface area contributed by atoms with Gasteiger partial charge in [-0.15, -0.1) is 0 Å². The maximum absolute atomic E-state index is 11.5. The largest absolute Gasteiger partial charge is 0.481 e. The molecular weight excluding hydrogens is 392 g/mol. The van der Waals surface area contributed by atoms with Crippen molar-refractivity contribution in [3.05, 3.63) is 70.5 Å². The van der Waals surface area contributed by atoms with Crippen LogP contribution in [-0.2, 0) is 35.9 Å². The van der Waals surface area contributed by atoms with Crippen molar-refractivity contribution in [2.24, 2.45) is 0 Å². The third-order valence-corrected chi connectivity index (χ3v) is 5.99. The molecule has 1 atom stereocenters. The molecule has 0 fully saturated rings. The van der Waals surface area contributed by atoms with Gasteiger partial charge in [0.15, 0.2) is 5.82 Å². The summed E-state index contributed by atoms with van der Waals surface area (Å²) in [4.78, 5) is 20.8. The number of carboxylic acids is 1. The Morgan fingerprint density at radius 1 is 1.23 bits per heavy atom. The number of aromatic nitrogens is 3. The van der Waals surface area contributed by atoms with E-state index in [1.165, 1.54) is 11.1 Å². The minimum atomic E-state index is -0.851. The van der Waals surface area contributed by atoms with Gasteiger partial charge in [-0.05, 0) is 42.9 Å². The van der Waals surface area contributed by atoms with E-state index in [1.54, 1.807) is 0 Å². The Morgan fingerprint density at radius 3 is 2.81 bits per heavy atom. The molecule has 0 bridgehead atoms. The minimum absolute atomic E-state index is 0.0112. The van der Waals surface area contributed by atoms with Gasteiger partial charge >= 0.3 is 5.97 Å². The van der Waals surface area contributed by atoms with E-state index in [9.17, 15) is 9.90 Å². The fourth-order valence-electron chi connectivity index (χ4n) is 4.26. The third kappa shape index (κ3) is 4.93. The molecule has 7 heteroatoms. The first-order chi connectivity index (χ1) is 14.9. The summed E-state index contributed by atoms with van der Waals surface area (Å²) in [7, 11) is 0. The molecule has 0 amide bonds. The summed E-state index contributed by atoms with van der Waals surface area (Å²) in [6.07, 6.45) is 3.98. The topological polar surface area (TPSA) is 101 Å². The van der Waals surface area contributed by atoms with Gasteiger partial charge in [0.2, 0.25) is 5.89 Å². The summed E-state index contributed by atoms with van der Waals surface area (Å²) in [6, 6.07) is 11.9. The Bertz CT molecular complexity index is 1060. The third-order valence-electron chi connectivity index (χ3n) is 5.99. The highest BCUT2D eigenvalue weighted by atomic mass is 16.5. The predicted octanol–water partition coefficient (Wildman–Crippen LogP) is 3.89. The van der Waals surface area contributed by atoms with Gasteiger partial charge in [-0.3, -0.25) is 4.79 Å². The van der Waals surface area contributed by atoms with E-state index in [0.717, 1.165) is 42.9 Å². The van der Waals surface area contributed by atoms with Gasteiger partial charge in [-0.2, -0.15) is 4.98 Å². The van der Waals surface area contributed by atoms with Crippen LogP contribution in [0.25, 0.3) is 0 Å². The van der Waals surface area contributed by atoms with E-state index in [1.807, 2.05) is 44.2 Å². The second-order valence-corrected chi connectivity index (χ2v) is 8.55. The first-order valence-electron chi connectivity index (χ1n) is 10.7. The van der Waals surface area contributed by atoms with Crippen LogP contribution in [0, 0.1) is 6.92 Å². The number of fused-ring (bicyclic) bond motifs is 1. The van der Waals surface area contributed by atoms with E-state index < -0.39 is 11.4 Å². The normalized spacial score (nSPS) is 15.0. The molecule has 31 heavy (non-hydrogen) atoms. The highest BCUT2D eigenvalue weighted by molar-refractivity contribution is 5.69. The van der Waals surface area contributed by atoms with Gasteiger partial charge < -0.3 is 14.9 Å². The van der Waals surface area contributed by atoms with Crippen molar-refractivity contribution < 1.29 is 14.4 Å². The standard InChI is InChI=1S/C24H28N4O3/c1-16-17(13-18-7-6-12-25-23(18)26-16)10-11-20-27-21(31-28-20)14-24(2,15-22(29)30)19-8-4-3-5-9-19/h3-5,8-9,13H,6-7,10-12,14-15H2,1-2H3,(H,25,26)(H,29,30). The molecule has 3 aromatic rings. The average Bonchev–Trinajstić information content (AvgIpc) is 3.19. The van der Waals surface area contributed by atoms with Crippen LogP contribution in [0.2, 0.25) is 0 Å². The molecule has 162 valence electrons. The average molecular weight is 421 g/mol. The van der Waals surface area contributed by atoms with E-state index in [-0.39, 0.29) is 6.42 Å². The Labute approximate surface area is 181 Å². The molecule has 0 radical (unpaired) electrons. The maximum atomic E-state index is 11.5. The number of aryl methyl sites for hydroxylation is 4. The monoisotopic (exact) mass is 420 g/mol. The number of aliphatic carboxylic acids is 1. The van der Waals surface area contributed by atoms with Crippen LogP contribution >= 0.6 is 0 Å². The van der Waals surface area contributed by atoms with Gasteiger partial charge in [-0.1, -0.05) is 48.5 Å². The maximum Gasteiger partial charge on any atom is 0.304 e. The van der Waals surface area contributed by atoms with Crippen LogP contribution in [0.15, 0.2) is 40.9 Å². The predicted molar refractivity (Wildman–Crippen MR) is 117 cm³/mol. The highest BCUT2D eigenvalue weighted by Crippen LogP contribution is 2.31. The molecule has 0 aliphatic carbocycles. The van der Waals surface area contributed by atoms with Crippen molar-refractivity contribution in [3.63, 3.8) is 0 Å². The molecule has 0 saturated heterocycles. The zero-order valence-electron chi connectivity index (χ0n) is 18.0. The second-order valence-electron chi connectivity index (χ2n) is 8.55. The lowest BCUT2D eigenvalue weighted by molar-refractivity contribution is -0.138. The molecule has 7 nitrogen and oxygen atoms in total. The summed E-state index contributed by atoms with van der Waals surface area (Å²) in [5.74, 6) is 1.26. The smallest absolute Gasteiger partial charge is 0.304 e. The number of rotatable bonds is 8. The van der Waals surface area contributed by atoms with Crippen LogP contribution in [0.4, 0.5) is 5.82 Å². The highest BCUT2D eigenvalue weighted by Gasteiger charge is 2.32. The second kappa shape index (κ2) is 8.88. The van der Waals surface area contributed by atoms with Gasteiger partial charge in [0.05, 0.1) is 6.42 Å². The van der Waals surface area contributed by atoms with Crippen LogP contribution in [0.5, 0.6) is 0 Å². The van der Waals surface area contributed by atoms with Crippen molar-refractivity contribution in [2.45, 2.75) is 57.8 Å². The molecule has 1 unspecified atom stereocenters. The zero-order chi connectivity index (χ0) is 21.8. The number of hydrogen-bond donors (Lipinski definition) is 2. The number of anilines is 1. The van der Waals surface area contributed by atoms with Crippen molar-refractivity contribution in [1.29, 1.82) is 0 Å². The fourth-order valence-corrected chi connectivity index (χ4v) is 4.26. The molecule has 1 aliphatic rings. The summed E-state index contributed by atoms with van der Waals surface area (Å²) in [6.45, 7) is 4.94. The molecule has 4 rings (SSSR count). The van der Waals surface area contributed by atoms with E-state index in [0.29, 0.717) is 24.6 Å². The molecule has 2 aromatic heterocycles. The van der Waals surface area contributed by atoms with Gasteiger partial charge in [-0.25, -0.2) is 4.98 Å². The van der Waals surface area contributed by atoms with Crippen molar-refractivity contribution in [2.75, 3.05) is 11.9 Å². The fraction of sp³-hybridized carbons (Fsp3) is 0.417. The summed E-state index contributed by atoms with van der Waals surface area (Å²) in [5.41, 5.74) is 3.82. The van der Waals surface area contributed by atoms with Crippen molar-refractivity contribution >= 4 is 11.8 Å². The van der Waals surface area contributed by atoms with Gasteiger partial charge in [0.25, 0.3) is 0 Å². The van der Waals surface area contributed by atoms with Crippen LogP contribution in [0.3, 0.4) is 0 Å². The molecule has 0 saturated carbocycles. The van der Waals surface area contributed by atoms with E-state index >= 15 is 0 Å². The number of carbonyl (C=O) groups is 1. The Morgan fingerprint density at radius 2 is 2.03 bits per heavy atom. The SMILES string of the molecule is Cc1nc2c(cc1CCc1noc(CC(C)(CC(=O)O)c3ccccc3)n1)CCCN2. The first-order valence-corrected chi connectivity index (χ1v) is 10.7. The molecule has 1 aromatic carbocycles. The van der Waals surface area contributed by atoms with Gasteiger partial charge in [0, 0.05) is 30.5 Å². The Kier molecular flexibility index (Phi) is 6.02. The van der Waals surface area contributed by atoms with Crippen molar-refractivity contribution in [3.8, 4) is 0 Å². The Hall–Kier alpha value is -3.22. The van der Waals surface area contributed by atoms with E-state index in [2.05, 4.69) is 21.5 Å². The van der Waals surface area contributed by atoms with Crippen LogP contribution < -0.4 is 5.32 Å². The zero-order valence-corrected chi connectivity index (χ0v) is 18.0. The number of nitrogens with one attached hydrogen (secondary N) is 1. The number of nitrogens with zero attached hydrogens (tertiary/aromatic N) is 3. The minimum Gasteiger partial charge on any atom is -0.481 e.